The summed E-state index contributed by atoms with van der Waals surface area (Å²) in [7, 11) is 0. The minimum absolute atomic E-state index is 0. The number of fused-ring (bicyclic) bond motifs is 1. The number of hydrogen-bond acceptors (Lipinski definition) is 3. The lowest BCUT2D eigenvalue weighted by molar-refractivity contribution is 0.0896. The fourth-order valence-corrected chi connectivity index (χ4v) is 4.17. The van der Waals surface area contributed by atoms with Crippen molar-refractivity contribution < 1.29 is 9.18 Å². The van der Waals surface area contributed by atoms with E-state index in [9.17, 15) is 9.18 Å². The minimum atomic E-state index is -0.333. The second-order valence-electron chi connectivity index (χ2n) is 7.14. The molecular weight excluding hydrogens is 355 g/mol. The van der Waals surface area contributed by atoms with Crippen molar-refractivity contribution in [2.45, 2.75) is 50.5 Å². The third-order valence-electron chi connectivity index (χ3n) is 5.56. The maximum Gasteiger partial charge on any atom is 0.272 e. The van der Waals surface area contributed by atoms with E-state index in [1.807, 2.05) is 0 Å². The molecular formula is C19H24ClFN4O. The van der Waals surface area contributed by atoms with Gasteiger partial charge in [0.1, 0.15) is 11.5 Å². The van der Waals surface area contributed by atoms with Crippen LogP contribution in [0.15, 0.2) is 24.3 Å². The van der Waals surface area contributed by atoms with E-state index in [-0.39, 0.29) is 29.7 Å². The Morgan fingerprint density at radius 1 is 1.23 bits per heavy atom. The first-order valence-corrected chi connectivity index (χ1v) is 9.02. The Labute approximate surface area is 158 Å². The van der Waals surface area contributed by atoms with Gasteiger partial charge in [-0.05, 0) is 44.2 Å². The average molecular weight is 379 g/mol. The normalized spacial score (nSPS) is 17.6. The monoisotopic (exact) mass is 378 g/mol. The number of halogens is 2. The van der Waals surface area contributed by atoms with Crippen molar-refractivity contribution in [2.24, 2.45) is 5.73 Å². The number of aromatic nitrogens is 2. The van der Waals surface area contributed by atoms with Gasteiger partial charge in [-0.3, -0.25) is 4.79 Å². The Hall–Kier alpha value is -1.92. The number of rotatable bonds is 4. The van der Waals surface area contributed by atoms with Crippen molar-refractivity contribution in [3.8, 4) is 5.69 Å². The summed E-state index contributed by atoms with van der Waals surface area (Å²) < 4.78 is 15.8. The molecule has 1 fully saturated rings. The van der Waals surface area contributed by atoms with Crippen LogP contribution in [0.2, 0.25) is 0 Å². The topological polar surface area (TPSA) is 72.9 Å². The number of carbonyl (C=O) groups is 1. The van der Waals surface area contributed by atoms with Gasteiger partial charge in [-0.25, -0.2) is 9.07 Å². The number of nitrogens with zero attached hydrogens (tertiary/aromatic N) is 2. The van der Waals surface area contributed by atoms with Crippen LogP contribution in [-0.2, 0) is 12.8 Å². The second-order valence-corrected chi connectivity index (χ2v) is 7.14. The maximum absolute atomic E-state index is 14.2. The smallest absolute Gasteiger partial charge is 0.272 e. The molecule has 26 heavy (non-hydrogen) atoms. The summed E-state index contributed by atoms with van der Waals surface area (Å²) in [6, 6.07) is 6.55. The largest absolute Gasteiger partial charge is 0.344 e. The Bertz CT molecular complexity index is 814. The van der Waals surface area contributed by atoms with Gasteiger partial charge in [0.2, 0.25) is 0 Å². The third kappa shape index (κ3) is 3.12. The number of carbonyl (C=O) groups excluding carboxylic acids is 1. The molecule has 0 aliphatic heterocycles. The standard InChI is InChI=1S/C19H23FN4O.ClH/c20-14-7-1-2-8-16(14)24-15-9-5-6-13(15)17(23-24)18(25)22-19(12-21)10-3-4-11-19;/h1-2,7-8H,3-6,9-12,21H2,(H,22,25);1H. The number of nitrogens with one attached hydrogen (secondary N) is 1. The summed E-state index contributed by atoms with van der Waals surface area (Å²) in [5.41, 5.74) is 8.34. The molecule has 2 aliphatic carbocycles. The van der Waals surface area contributed by atoms with Crippen molar-refractivity contribution in [1.29, 1.82) is 0 Å². The van der Waals surface area contributed by atoms with Crippen LogP contribution in [0.4, 0.5) is 4.39 Å². The fourth-order valence-electron chi connectivity index (χ4n) is 4.17. The van der Waals surface area contributed by atoms with Gasteiger partial charge in [-0.15, -0.1) is 12.4 Å². The molecule has 1 amide bonds. The highest BCUT2D eigenvalue weighted by Gasteiger charge is 2.36. The number of amides is 1. The van der Waals surface area contributed by atoms with Gasteiger partial charge >= 0.3 is 0 Å². The Morgan fingerprint density at radius 2 is 1.96 bits per heavy atom. The lowest BCUT2D eigenvalue weighted by atomic mass is 9.97. The number of para-hydroxylation sites is 1. The van der Waals surface area contributed by atoms with Crippen molar-refractivity contribution >= 4 is 18.3 Å². The highest BCUT2D eigenvalue weighted by atomic mass is 35.5. The predicted molar refractivity (Wildman–Crippen MR) is 101 cm³/mol. The highest BCUT2D eigenvalue weighted by Crippen LogP contribution is 2.31. The number of nitrogens with two attached hydrogens (primary N) is 1. The zero-order chi connectivity index (χ0) is 17.4. The van der Waals surface area contributed by atoms with Crippen LogP contribution in [0, 0.1) is 5.82 Å². The van der Waals surface area contributed by atoms with Crippen LogP contribution in [0.25, 0.3) is 5.69 Å². The average Bonchev–Trinajstić information content (AvgIpc) is 3.32. The van der Waals surface area contributed by atoms with Crippen molar-refractivity contribution in [3.05, 3.63) is 47.0 Å². The van der Waals surface area contributed by atoms with Crippen molar-refractivity contribution in [3.63, 3.8) is 0 Å². The summed E-state index contributed by atoms with van der Waals surface area (Å²) in [5.74, 6) is -0.513. The summed E-state index contributed by atoms with van der Waals surface area (Å²) >= 11 is 0. The molecule has 0 atom stereocenters. The summed E-state index contributed by atoms with van der Waals surface area (Å²) in [5, 5.41) is 7.63. The molecule has 0 bridgehead atoms. The first-order valence-electron chi connectivity index (χ1n) is 9.02. The zero-order valence-electron chi connectivity index (χ0n) is 14.6. The first kappa shape index (κ1) is 18.9. The molecule has 2 aliphatic rings. The molecule has 0 saturated heterocycles. The van der Waals surface area contributed by atoms with Crippen LogP contribution < -0.4 is 11.1 Å². The van der Waals surface area contributed by atoms with Crippen LogP contribution in [0.3, 0.4) is 0 Å². The molecule has 0 unspecified atom stereocenters. The SMILES string of the molecule is Cl.NCC1(NC(=O)c2nn(-c3ccccc3F)c3c2CCC3)CCCC1. The van der Waals surface area contributed by atoms with Crippen molar-refractivity contribution in [2.75, 3.05) is 6.54 Å². The van der Waals surface area contributed by atoms with Gasteiger partial charge in [0.25, 0.3) is 5.91 Å². The van der Waals surface area contributed by atoms with Crippen LogP contribution in [0.5, 0.6) is 0 Å². The third-order valence-corrected chi connectivity index (χ3v) is 5.56. The van der Waals surface area contributed by atoms with Crippen LogP contribution in [0.1, 0.15) is 53.8 Å². The van der Waals surface area contributed by atoms with E-state index in [2.05, 4.69) is 10.4 Å². The number of hydrogen-bond donors (Lipinski definition) is 2. The molecule has 1 heterocycles. The van der Waals surface area contributed by atoms with Gasteiger partial charge in [-0.2, -0.15) is 5.10 Å². The zero-order valence-corrected chi connectivity index (χ0v) is 15.4. The van der Waals surface area contributed by atoms with E-state index in [0.29, 0.717) is 17.9 Å². The van der Waals surface area contributed by atoms with E-state index >= 15 is 0 Å². The molecule has 0 radical (unpaired) electrons. The molecule has 0 spiro atoms. The van der Waals surface area contributed by atoms with Crippen LogP contribution in [-0.4, -0.2) is 27.8 Å². The van der Waals surface area contributed by atoms with Gasteiger partial charge in [0.05, 0.1) is 5.54 Å². The van der Waals surface area contributed by atoms with Gasteiger partial charge in [0, 0.05) is 17.8 Å². The summed E-state index contributed by atoms with van der Waals surface area (Å²) in [6.45, 7) is 0.439. The molecule has 2 aromatic rings. The van der Waals surface area contributed by atoms with E-state index in [4.69, 9.17) is 5.73 Å². The van der Waals surface area contributed by atoms with E-state index < -0.39 is 0 Å². The quantitative estimate of drug-likeness (QED) is 0.859. The Balaban J connectivity index is 0.00000196. The molecule has 1 saturated carbocycles. The maximum atomic E-state index is 14.2. The molecule has 1 aromatic heterocycles. The fraction of sp³-hybridized carbons (Fsp3) is 0.474. The summed E-state index contributed by atoms with van der Waals surface area (Å²) in [4.78, 5) is 12.9. The van der Waals surface area contributed by atoms with Crippen molar-refractivity contribution in [1.82, 2.24) is 15.1 Å². The highest BCUT2D eigenvalue weighted by molar-refractivity contribution is 5.95. The summed E-state index contributed by atoms with van der Waals surface area (Å²) in [6.07, 6.45) is 6.56. The lowest BCUT2D eigenvalue weighted by Crippen LogP contribution is -2.51. The molecule has 140 valence electrons. The van der Waals surface area contributed by atoms with Gasteiger partial charge < -0.3 is 11.1 Å². The molecule has 1 aromatic carbocycles. The molecule has 4 rings (SSSR count). The number of benzene rings is 1. The Kier molecular flexibility index (Phi) is 5.34. The first-order chi connectivity index (χ1) is 12.1. The van der Waals surface area contributed by atoms with Crippen LogP contribution >= 0.6 is 12.4 Å². The van der Waals surface area contributed by atoms with E-state index in [1.165, 1.54) is 6.07 Å². The molecule has 7 heteroatoms. The lowest BCUT2D eigenvalue weighted by Gasteiger charge is -2.28. The minimum Gasteiger partial charge on any atom is -0.344 e. The van der Waals surface area contributed by atoms with E-state index in [1.54, 1.807) is 22.9 Å². The predicted octanol–water partition coefficient (Wildman–Crippen LogP) is 2.92. The van der Waals surface area contributed by atoms with Gasteiger partial charge in [0.15, 0.2) is 5.69 Å². The molecule has 3 N–H and O–H groups in total. The van der Waals surface area contributed by atoms with Gasteiger partial charge in [-0.1, -0.05) is 25.0 Å². The van der Waals surface area contributed by atoms with E-state index in [0.717, 1.165) is 56.2 Å². The second kappa shape index (κ2) is 7.37. The Morgan fingerprint density at radius 3 is 2.65 bits per heavy atom. The molecule has 5 nitrogen and oxygen atoms in total.